The molecule has 0 aliphatic carbocycles. The van der Waals surface area contributed by atoms with Crippen LogP contribution in [0.1, 0.15) is 12.8 Å². The molecule has 2 aromatic carbocycles. The first kappa shape index (κ1) is 24.8. The van der Waals surface area contributed by atoms with Crippen molar-refractivity contribution in [2.45, 2.75) is 31.4 Å². The van der Waals surface area contributed by atoms with Crippen LogP contribution in [0.25, 0.3) is 22.4 Å². The molecule has 0 amide bonds. The lowest BCUT2D eigenvalue weighted by molar-refractivity contribution is 0.0732. The molecule has 3 aliphatic rings. The second-order valence-electron chi connectivity index (χ2n) is 8.86. The number of aromatic nitrogens is 1. The number of anilines is 2. The number of fused-ring (bicyclic) bond motifs is 2. The first-order valence-electron chi connectivity index (χ1n) is 12.2. The van der Waals surface area contributed by atoms with Gasteiger partial charge in [-0.1, -0.05) is 48.0 Å². The van der Waals surface area contributed by atoms with Gasteiger partial charge in [-0.05, 0) is 49.2 Å². The number of nitrogens with one attached hydrogen (secondary N) is 3. The monoisotopic (exact) mass is 510 g/mol. The number of hydrogen-bond acceptors (Lipinski definition) is 8. The first-order chi connectivity index (χ1) is 17.6. The van der Waals surface area contributed by atoms with Gasteiger partial charge in [0.05, 0.1) is 28.6 Å². The molecule has 9 heteroatoms. The van der Waals surface area contributed by atoms with E-state index in [4.69, 9.17) is 25.8 Å². The molecule has 6 rings (SSSR count). The molecule has 0 bridgehead atoms. The van der Waals surface area contributed by atoms with E-state index < -0.39 is 6.35 Å². The molecule has 1 aromatic heterocycles. The van der Waals surface area contributed by atoms with Crippen LogP contribution in [0.4, 0.5) is 11.5 Å². The largest absolute Gasteiger partial charge is 0.492 e. The number of ether oxygens (including phenoxy) is 3. The Morgan fingerprint density at radius 2 is 1.58 bits per heavy atom. The number of benzene rings is 2. The van der Waals surface area contributed by atoms with Gasteiger partial charge in [-0.2, -0.15) is 0 Å². The molecule has 3 aliphatic heterocycles. The molecule has 2 saturated heterocycles. The van der Waals surface area contributed by atoms with E-state index in [1.165, 1.54) is 0 Å². The van der Waals surface area contributed by atoms with Crippen molar-refractivity contribution in [1.82, 2.24) is 10.3 Å². The van der Waals surface area contributed by atoms with Crippen LogP contribution >= 0.6 is 11.6 Å². The SMILES string of the molecule is C1CC2OCCC2O1.CNCCOc1ccc(-c2ccc(-c3nc4c(cc3Cl)NC(O)N4)cc2)cc1. The van der Waals surface area contributed by atoms with Crippen molar-refractivity contribution in [3.05, 3.63) is 59.6 Å². The van der Waals surface area contributed by atoms with Crippen LogP contribution in [0.5, 0.6) is 5.75 Å². The van der Waals surface area contributed by atoms with Gasteiger partial charge in [-0.25, -0.2) is 4.98 Å². The molecule has 3 unspecified atom stereocenters. The molecule has 0 spiro atoms. The molecule has 0 saturated carbocycles. The maximum absolute atomic E-state index is 9.63. The number of hydrogen-bond donors (Lipinski definition) is 4. The Balaban J connectivity index is 0.000000280. The fourth-order valence-electron chi connectivity index (χ4n) is 4.48. The van der Waals surface area contributed by atoms with Gasteiger partial charge in [0.25, 0.3) is 0 Å². The summed E-state index contributed by atoms with van der Waals surface area (Å²) in [4.78, 5) is 4.54. The van der Waals surface area contributed by atoms with Gasteiger partial charge in [0.2, 0.25) is 6.35 Å². The summed E-state index contributed by atoms with van der Waals surface area (Å²) in [5, 5.41) is 18.9. The van der Waals surface area contributed by atoms with Crippen LogP contribution in [0, 0.1) is 0 Å². The number of nitrogens with zero attached hydrogens (tertiary/aromatic N) is 1. The van der Waals surface area contributed by atoms with E-state index in [-0.39, 0.29) is 0 Å². The minimum Gasteiger partial charge on any atom is -0.492 e. The lowest BCUT2D eigenvalue weighted by Crippen LogP contribution is -2.20. The van der Waals surface area contributed by atoms with Crippen molar-refractivity contribution in [2.24, 2.45) is 0 Å². The van der Waals surface area contributed by atoms with Crippen molar-refractivity contribution in [1.29, 1.82) is 0 Å². The zero-order valence-corrected chi connectivity index (χ0v) is 20.9. The summed E-state index contributed by atoms with van der Waals surface area (Å²) >= 11 is 6.39. The Kier molecular flexibility index (Phi) is 7.89. The van der Waals surface area contributed by atoms with Gasteiger partial charge in [0.15, 0.2) is 5.82 Å². The van der Waals surface area contributed by atoms with E-state index >= 15 is 0 Å². The predicted molar refractivity (Wildman–Crippen MR) is 142 cm³/mol. The van der Waals surface area contributed by atoms with Crippen LogP contribution in [0.2, 0.25) is 5.02 Å². The second kappa shape index (κ2) is 11.5. The highest BCUT2D eigenvalue weighted by atomic mass is 35.5. The summed E-state index contributed by atoms with van der Waals surface area (Å²) in [5.41, 5.74) is 4.47. The lowest BCUT2D eigenvalue weighted by Gasteiger charge is -2.09. The maximum Gasteiger partial charge on any atom is 0.204 e. The molecule has 8 nitrogen and oxygen atoms in total. The second-order valence-corrected chi connectivity index (χ2v) is 9.26. The molecule has 3 aromatic rings. The van der Waals surface area contributed by atoms with Crippen LogP contribution in [0.15, 0.2) is 54.6 Å². The smallest absolute Gasteiger partial charge is 0.204 e. The van der Waals surface area contributed by atoms with Crippen LogP contribution in [-0.2, 0) is 9.47 Å². The van der Waals surface area contributed by atoms with E-state index in [9.17, 15) is 5.11 Å². The van der Waals surface area contributed by atoms with Gasteiger partial charge in [0.1, 0.15) is 12.4 Å². The van der Waals surface area contributed by atoms with Gasteiger partial charge in [-0.3, -0.25) is 0 Å². The van der Waals surface area contributed by atoms with Gasteiger partial charge >= 0.3 is 0 Å². The minimum absolute atomic E-state index is 0.454. The molecule has 4 heterocycles. The highest BCUT2D eigenvalue weighted by molar-refractivity contribution is 6.33. The third kappa shape index (κ3) is 5.74. The zero-order valence-electron chi connectivity index (χ0n) is 20.2. The number of aliphatic hydroxyl groups excluding tert-OH is 1. The Morgan fingerprint density at radius 1 is 0.972 bits per heavy atom. The molecule has 2 fully saturated rings. The molecule has 0 radical (unpaired) electrons. The van der Waals surface area contributed by atoms with Crippen molar-refractivity contribution in [3.63, 3.8) is 0 Å². The first-order valence-corrected chi connectivity index (χ1v) is 12.6. The van der Waals surface area contributed by atoms with E-state index in [0.29, 0.717) is 41.0 Å². The normalized spacial score (nSPS) is 21.6. The fourth-order valence-corrected chi connectivity index (χ4v) is 4.74. The van der Waals surface area contributed by atoms with Crippen molar-refractivity contribution in [2.75, 3.05) is 44.0 Å². The van der Waals surface area contributed by atoms with Crippen LogP contribution < -0.4 is 20.7 Å². The third-order valence-corrected chi connectivity index (χ3v) is 6.68. The van der Waals surface area contributed by atoms with E-state index in [1.54, 1.807) is 6.07 Å². The van der Waals surface area contributed by atoms with E-state index in [1.807, 2.05) is 55.6 Å². The number of rotatable bonds is 6. The Bertz CT molecular complexity index is 1140. The zero-order chi connectivity index (χ0) is 24.9. The highest BCUT2D eigenvalue weighted by Crippen LogP contribution is 2.36. The summed E-state index contributed by atoms with van der Waals surface area (Å²) in [5.74, 6) is 1.44. The lowest BCUT2D eigenvalue weighted by atomic mass is 10.0. The molecule has 3 atom stereocenters. The quantitative estimate of drug-likeness (QED) is 0.364. The summed E-state index contributed by atoms with van der Waals surface area (Å²) in [6, 6.07) is 17.9. The average Bonchev–Trinajstić information content (AvgIpc) is 3.61. The van der Waals surface area contributed by atoms with Gasteiger partial charge < -0.3 is 35.3 Å². The number of aliphatic hydroxyl groups is 1. The summed E-state index contributed by atoms with van der Waals surface area (Å²) in [7, 11) is 1.90. The number of halogens is 1. The minimum atomic E-state index is -0.846. The third-order valence-electron chi connectivity index (χ3n) is 6.39. The highest BCUT2D eigenvalue weighted by Gasteiger charge is 2.33. The van der Waals surface area contributed by atoms with Crippen LogP contribution in [0.3, 0.4) is 0 Å². The summed E-state index contributed by atoms with van der Waals surface area (Å²) in [6.07, 6.45) is 2.29. The maximum atomic E-state index is 9.63. The molecular weight excluding hydrogens is 480 g/mol. The molecule has 4 N–H and O–H groups in total. The Morgan fingerprint density at radius 3 is 2.22 bits per heavy atom. The molecule has 190 valence electrons. The fraction of sp³-hybridized carbons (Fsp3) is 0.370. The number of likely N-dealkylation sites (N-methyl/N-ethyl adjacent to an activating group) is 1. The van der Waals surface area contributed by atoms with E-state index in [0.717, 1.165) is 55.0 Å². The summed E-state index contributed by atoms with van der Waals surface area (Å²) < 4.78 is 16.4. The number of pyridine rings is 1. The summed E-state index contributed by atoms with van der Waals surface area (Å²) in [6.45, 7) is 3.28. The molecular formula is C27H31ClN4O4. The molecule has 36 heavy (non-hydrogen) atoms. The average molecular weight is 511 g/mol. The van der Waals surface area contributed by atoms with Crippen molar-refractivity contribution >= 4 is 23.1 Å². The topological polar surface area (TPSA) is 96.9 Å². The van der Waals surface area contributed by atoms with Gasteiger partial charge in [0, 0.05) is 25.3 Å². The Hall–Kier alpha value is -2.88. The van der Waals surface area contributed by atoms with Crippen molar-refractivity contribution in [3.8, 4) is 28.1 Å². The van der Waals surface area contributed by atoms with E-state index in [2.05, 4.69) is 20.9 Å². The van der Waals surface area contributed by atoms with Gasteiger partial charge in [-0.15, -0.1) is 0 Å². The van der Waals surface area contributed by atoms with Crippen molar-refractivity contribution < 1.29 is 19.3 Å². The Labute approximate surface area is 215 Å². The van der Waals surface area contributed by atoms with Crippen LogP contribution in [-0.4, -0.2) is 62.1 Å². The standard InChI is InChI=1S/C21H21ClN4O2.C6H10O2/c1-23-10-11-28-16-8-6-14(7-9-16)13-2-4-15(5-3-13)19-17(22)12-18-20(25-19)26-21(27)24-18;1-3-7-6-2-4-8-5(1)6/h2-9,12,21,23-24,27H,10-11H2,1H3,(H,25,26);5-6H,1-4H2. The predicted octanol–water partition coefficient (Wildman–Crippen LogP) is 4.34.